The van der Waals surface area contributed by atoms with Crippen LogP contribution in [0.1, 0.15) is 35.3 Å². The van der Waals surface area contributed by atoms with Gasteiger partial charge in [0.2, 0.25) is 0 Å². The SMILES string of the molecule is COc1ccc(CNC(=O)[C@@H](C)OC(=O)Cc2cc(C(C)=O)ccc2OC)cc1. The summed E-state index contributed by atoms with van der Waals surface area (Å²) in [6, 6.07) is 12.1. The molecule has 0 aromatic heterocycles. The van der Waals surface area contributed by atoms with Gasteiger partial charge < -0.3 is 19.5 Å². The van der Waals surface area contributed by atoms with E-state index in [2.05, 4.69) is 5.32 Å². The molecular weight excluding hydrogens is 374 g/mol. The molecule has 0 heterocycles. The normalized spacial score (nSPS) is 11.3. The molecule has 0 saturated heterocycles. The molecule has 0 aliphatic carbocycles. The second-order valence-electron chi connectivity index (χ2n) is 6.46. The van der Waals surface area contributed by atoms with E-state index in [1.165, 1.54) is 21.0 Å². The van der Waals surface area contributed by atoms with Crippen molar-refractivity contribution in [2.75, 3.05) is 14.2 Å². The molecule has 7 heteroatoms. The fourth-order valence-corrected chi connectivity index (χ4v) is 2.66. The summed E-state index contributed by atoms with van der Waals surface area (Å²) in [6.45, 7) is 3.25. The van der Waals surface area contributed by atoms with Gasteiger partial charge in [-0.2, -0.15) is 0 Å². The van der Waals surface area contributed by atoms with E-state index in [1.54, 1.807) is 37.4 Å². The summed E-state index contributed by atoms with van der Waals surface area (Å²) in [5.41, 5.74) is 1.89. The number of methoxy groups -OCH3 is 2. The van der Waals surface area contributed by atoms with Crippen LogP contribution in [-0.4, -0.2) is 38.0 Å². The molecule has 7 nitrogen and oxygen atoms in total. The van der Waals surface area contributed by atoms with Gasteiger partial charge in [-0.05, 0) is 49.7 Å². The lowest BCUT2D eigenvalue weighted by Crippen LogP contribution is -2.35. The summed E-state index contributed by atoms with van der Waals surface area (Å²) < 4.78 is 15.5. The molecule has 0 saturated carbocycles. The molecule has 0 aliphatic rings. The highest BCUT2D eigenvalue weighted by Gasteiger charge is 2.19. The highest BCUT2D eigenvalue weighted by molar-refractivity contribution is 5.94. The number of carbonyl (C=O) groups is 3. The number of esters is 1. The summed E-state index contributed by atoms with van der Waals surface area (Å²) in [4.78, 5) is 36.0. The lowest BCUT2D eigenvalue weighted by Gasteiger charge is -2.15. The minimum atomic E-state index is -0.956. The van der Waals surface area contributed by atoms with Gasteiger partial charge >= 0.3 is 5.97 Å². The molecule has 0 radical (unpaired) electrons. The van der Waals surface area contributed by atoms with E-state index in [4.69, 9.17) is 14.2 Å². The number of ether oxygens (including phenoxy) is 3. The van der Waals surface area contributed by atoms with E-state index < -0.39 is 18.0 Å². The molecule has 0 unspecified atom stereocenters. The van der Waals surface area contributed by atoms with Gasteiger partial charge in [0.15, 0.2) is 11.9 Å². The van der Waals surface area contributed by atoms with Gasteiger partial charge in [0.25, 0.3) is 5.91 Å². The van der Waals surface area contributed by atoms with Crippen molar-refractivity contribution in [3.8, 4) is 11.5 Å². The van der Waals surface area contributed by atoms with E-state index >= 15 is 0 Å². The maximum atomic E-state index is 12.3. The standard InChI is InChI=1S/C22H25NO6/c1-14(24)17-7-10-20(28-4)18(11-17)12-21(25)29-15(2)22(26)23-13-16-5-8-19(27-3)9-6-16/h5-11,15H,12-13H2,1-4H3,(H,23,26)/t15-/m1/s1. The predicted molar refractivity (Wildman–Crippen MR) is 107 cm³/mol. The van der Waals surface area contributed by atoms with Crippen molar-refractivity contribution in [1.82, 2.24) is 5.32 Å². The molecule has 0 bridgehead atoms. The number of carbonyl (C=O) groups excluding carboxylic acids is 3. The Labute approximate surface area is 170 Å². The number of amides is 1. The molecule has 29 heavy (non-hydrogen) atoms. The van der Waals surface area contributed by atoms with Gasteiger partial charge in [0, 0.05) is 17.7 Å². The number of hydrogen-bond acceptors (Lipinski definition) is 6. The highest BCUT2D eigenvalue weighted by atomic mass is 16.5. The van der Waals surface area contributed by atoms with Crippen molar-refractivity contribution < 1.29 is 28.6 Å². The van der Waals surface area contributed by atoms with E-state index in [9.17, 15) is 14.4 Å². The smallest absolute Gasteiger partial charge is 0.311 e. The van der Waals surface area contributed by atoms with Crippen molar-refractivity contribution in [2.45, 2.75) is 32.9 Å². The number of benzene rings is 2. The molecule has 0 fully saturated rings. The number of rotatable bonds is 9. The Morgan fingerprint density at radius 2 is 1.69 bits per heavy atom. The Kier molecular flexibility index (Phi) is 7.77. The van der Waals surface area contributed by atoms with Crippen LogP contribution in [0.5, 0.6) is 11.5 Å². The van der Waals surface area contributed by atoms with Crippen molar-refractivity contribution in [3.05, 3.63) is 59.2 Å². The zero-order valence-electron chi connectivity index (χ0n) is 17.0. The molecule has 0 spiro atoms. The molecule has 1 N–H and O–H groups in total. The third-order valence-corrected chi connectivity index (χ3v) is 4.32. The monoisotopic (exact) mass is 399 g/mol. The summed E-state index contributed by atoms with van der Waals surface area (Å²) in [5.74, 6) is 0.0958. The van der Waals surface area contributed by atoms with Crippen LogP contribution in [0.25, 0.3) is 0 Å². The molecule has 2 aromatic rings. The van der Waals surface area contributed by atoms with Gasteiger partial charge in [-0.1, -0.05) is 12.1 Å². The minimum Gasteiger partial charge on any atom is -0.497 e. The fourth-order valence-electron chi connectivity index (χ4n) is 2.66. The zero-order chi connectivity index (χ0) is 21.4. The van der Waals surface area contributed by atoms with Crippen molar-refractivity contribution >= 4 is 17.7 Å². The number of Topliss-reactive ketones (excluding diaryl/α,β-unsaturated/α-hetero) is 1. The molecule has 0 aliphatic heterocycles. The van der Waals surface area contributed by atoms with Crippen LogP contribution < -0.4 is 14.8 Å². The lowest BCUT2D eigenvalue weighted by atomic mass is 10.0. The second kappa shape index (κ2) is 10.3. The Hall–Kier alpha value is -3.35. The average Bonchev–Trinajstić information content (AvgIpc) is 2.72. The topological polar surface area (TPSA) is 90.9 Å². The van der Waals surface area contributed by atoms with Crippen molar-refractivity contribution in [3.63, 3.8) is 0 Å². The first kappa shape index (κ1) is 21.9. The fraction of sp³-hybridized carbons (Fsp3) is 0.318. The van der Waals surface area contributed by atoms with Crippen LogP contribution in [0.3, 0.4) is 0 Å². The average molecular weight is 399 g/mol. The summed E-state index contributed by atoms with van der Waals surface area (Å²) in [6.07, 6.45) is -1.07. The third-order valence-electron chi connectivity index (χ3n) is 4.32. The first-order valence-electron chi connectivity index (χ1n) is 9.12. The van der Waals surface area contributed by atoms with Crippen LogP contribution in [0.4, 0.5) is 0 Å². The molecule has 154 valence electrons. The van der Waals surface area contributed by atoms with Gasteiger partial charge in [0.1, 0.15) is 11.5 Å². The van der Waals surface area contributed by atoms with E-state index in [-0.39, 0.29) is 12.2 Å². The van der Waals surface area contributed by atoms with Crippen molar-refractivity contribution in [2.24, 2.45) is 0 Å². The van der Waals surface area contributed by atoms with E-state index in [0.29, 0.717) is 23.4 Å². The molecule has 1 amide bonds. The van der Waals surface area contributed by atoms with Gasteiger partial charge in [-0.3, -0.25) is 14.4 Å². The second-order valence-corrected chi connectivity index (χ2v) is 6.46. The number of ketones is 1. The zero-order valence-corrected chi connectivity index (χ0v) is 17.0. The quantitative estimate of drug-likeness (QED) is 0.515. The molecule has 1 atom stereocenters. The maximum Gasteiger partial charge on any atom is 0.311 e. The summed E-state index contributed by atoms with van der Waals surface area (Å²) >= 11 is 0. The Bertz CT molecular complexity index is 875. The Balaban J connectivity index is 1.91. The molecule has 2 rings (SSSR count). The maximum absolute atomic E-state index is 12.3. The van der Waals surface area contributed by atoms with Crippen LogP contribution in [0, 0.1) is 0 Å². The largest absolute Gasteiger partial charge is 0.497 e. The van der Waals surface area contributed by atoms with Gasteiger partial charge in [-0.25, -0.2) is 0 Å². The Morgan fingerprint density at radius 1 is 1.00 bits per heavy atom. The Morgan fingerprint density at radius 3 is 2.28 bits per heavy atom. The van der Waals surface area contributed by atoms with Gasteiger partial charge in [-0.15, -0.1) is 0 Å². The third kappa shape index (κ3) is 6.34. The van der Waals surface area contributed by atoms with Crippen LogP contribution in [0.15, 0.2) is 42.5 Å². The minimum absolute atomic E-state index is 0.111. The molecule has 2 aromatic carbocycles. The summed E-state index contributed by atoms with van der Waals surface area (Å²) in [7, 11) is 3.06. The van der Waals surface area contributed by atoms with E-state index in [0.717, 1.165) is 11.3 Å². The first-order chi connectivity index (χ1) is 13.8. The number of nitrogens with one attached hydrogen (secondary N) is 1. The van der Waals surface area contributed by atoms with Crippen LogP contribution >= 0.6 is 0 Å². The molecular formula is C22H25NO6. The van der Waals surface area contributed by atoms with Gasteiger partial charge in [0.05, 0.1) is 20.6 Å². The first-order valence-corrected chi connectivity index (χ1v) is 9.12. The predicted octanol–water partition coefficient (Wildman–Crippen LogP) is 2.70. The van der Waals surface area contributed by atoms with Crippen molar-refractivity contribution in [1.29, 1.82) is 0 Å². The summed E-state index contributed by atoms with van der Waals surface area (Å²) in [5, 5.41) is 2.73. The highest BCUT2D eigenvalue weighted by Crippen LogP contribution is 2.21. The van der Waals surface area contributed by atoms with Crippen LogP contribution in [-0.2, 0) is 27.3 Å². The number of hydrogen-bond donors (Lipinski definition) is 1. The lowest BCUT2D eigenvalue weighted by molar-refractivity contribution is -0.154. The van der Waals surface area contributed by atoms with Crippen LogP contribution in [0.2, 0.25) is 0 Å². The van der Waals surface area contributed by atoms with E-state index in [1.807, 2.05) is 12.1 Å².